The highest BCUT2D eigenvalue weighted by molar-refractivity contribution is 7.98. The molecule has 0 bridgehead atoms. The van der Waals surface area contributed by atoms with Crippen LogP contribution in [0.2, 0.25) is 0 Å². The van der Waals surface area contributed by atoms with E-state index in [1.807, 2.05) is 13.0 Å². The van der Waals surface area contributed by atoms with Crippen LogP contribution in [0.5, 0.6) is 0 Å². The van der Waals surface area contributed by atoms with Crippen LogP contribution < -0.4 is 5.32 Å². The number of aliphatic carboxylic acids is 1. The molecule has 0 atom stereocenters. The van der Waals surface area contributed by atoms with Gasteiger partial charge in [-0.3, -0.25) is 4.79 Å². The summed E-state index contributed by atoms with van der Waals surface area (Å²) in [7, 11) is 0. The molecule has 0 saturated carbocycles. The van der Waals surface area contributed by atoms with E-state index in [0.717, 1.165) is 30.2 Å². The van der Waals surface area contributed by atoms with Crippen LogP contribution in [0.25, 0.3) is 6.08 Å². The van der Waals surface area contributed by atoms with Gasteiger partial charge in [-0.25, -0.2) is 4.79 Å². The van der Waals surface area contributed by atoms with Gasteiger partial charge in [-0.15, -0.1) is 0 Å². The Morgan fingerprint density at radius 3 is 2.71 bits per heavy atom. The van der Waals surface area contributed by atoms with Crippen molar-refractivity contribution in [3.63, 3.8) is 0 Å². The van der Waals surface area contributed by atoms with Gasteiger partial charge in [0.1, 0.15) is 0 Å². The van der Waals surface area contributed by atoms with Crippen LogP contribution in [-0.4, -0.2) is 35.5 Å². The molecule has 21 heavy (non-hydrogen) atoms. The molecule has 0 aliphatic heterocycles. The molecular formula is C16H21NO3S. The SMILES string of the molecule is CSCCCCNC(=O)c1cc(C)cc(/C=C/C(=O)O)c1. The van der Waals surface area contributed by atoms with Gasteiger partial charge in [0, 0.05) is 18.2 Å². The summed E-state index contributed by atoms with van der Waals surface area (Å²) >= 11 is 1.80. The van der Waals surface area contributed by atoms with Crippen molar-refractivity contribution in [2.24, 2.45) is 0 Å². The Bertz CT molecular complexity index is 526. The van der Waals surface area contributed by atoms with Crippen LogP contribution in [0.4, 0.5) is 0 Å². The number of rotatable bonds is 8. The first-order chi connectivity index (χ1) is 10.0. The predicted molar refractivity (Wildman–Crippen MR) is 87.8 cm³/mol. The number of amides is 1. The Morgan fingerprint density at radius 2 is 2.05 bits per heavy atom. The highest BCUT2D eigenvalue weighted by Crippen LogP contribution is 2.11. The van der Waals surface area contributed by atoms with Crippen LogP contribution in [0.1, 0.15) is 34.3 Å². The smallest absolute Gasteiger partial charge is 0.328 e. The van der Waals surface area contributed by atoms with Gasteiger partial charge in [-0.1, -0.05) is 6.07 Å². The normalized spacial score (nSPS) is 10.8. The Hall–Kier alpha value is -1.75. The highest BCUT2D eigenvalue weighted by atomic mass is 32.2. The lowest BCUT2D eigenvalue weighted by molar-refractivity contribution is -0.131. The number of aryl methyl sites for hydroxylation is 1. The predicted octanol–water partition coefficient (Wildman–Crippen LogP) is 2.97. The maximum atomic E-state index is 12.1. The van der Waals surface area contributed by atoms with Crippen LogP contribution in [0.15, 0.2) is 24.3 Å². The first-order valence-corrected chi connectivity index (χ1v) is 8.22. The Labute approximate surface area is 129 Å². The summed E-state index contributed by atoms with van der Waals surface area (Å²) in [5.41, 5.74) is 2.20. The molecule has 1 rings (SSSR count). The summed E-state index contributed by atoms with van der Waals surface area (Å²) in [5.74, 6) is -0.0195. The van der Waals surface area contributed by atoms with E-state index >= 15 is 0 Å². The quantitative estimate of drug-likeness (QED) is 0.572. The summed E-state index contributed by atoms with van der Waals surface area (Å²) < 4.78 is 0. The maximum Gasteiger partial charge on any atom is 0.328 e. The minimum Gasteiger partial charge on any atom is -0.478 e. The molecule has 0 saturated heterocycles. The number of nitrogens with one attached hydrogen (secondary N) is 1. The van der Waals surface area contributed by atoms with Gasteiger partial charge in [-0.05, 0) is 61.1 Å². The van der Waals surface area contributed by atoms with Crippen molar-refractivity contribution >= 4 is 29.7 Å². The zero-order chi connectivity index (χ0) is 15.7. The zero-order valence-corrected chi connectivity index (χ0v) is 13.2. The third-order valence-corrected chi connectivity index (χ3v) is 3.54. The summed E-state index contributed by atoms with van der Waals surface area (Å²) in [4.78, 5) is 22.6. The lowest BCUT2D eigenvalue weighted by atomic mass is 10.1. The van der Waals surface area contributed by atoms with E-state index in [1.54, 1.807) is 23.9 Å². The van der Waals surface area contributed by atoms with Crippen molar-refractivity contribution in [1.29, 1.82) is 0 Å². The van der Waals surface area contributed by atoms with Crippen molar-refractivity contribution in [2.45, 2.75) is 19.8 Å². The lowest BCUT2D eigenvalue weighted by Gasteiger charge is -2.07. The molecule has 1 amide bonds. The van der Waals surface area contributed by atoms with Crippen LogP contribution in [-0.2, 0) is 4.79 Å². The van der Waals surface area contributed by atoms with E-state index in [-0.39, 0.29) is 5.91 Å². The number of hydrogen-bond acceptors (Lipinski definition) is 3. The molecule has 0 aromatic heterocycles. The summed E-state index contributed by atoms with van der Waals surface area (Å²) in [6.07, 6.45) is 6.67. The molecule has 4 nitrogen and oxygen atoms in total. The molecule has 5 heteroatoms. The molecule has 0 aliphatic carbocycles. The van der Waals surface area contributed by atoms with Crippen molar-refractivity contribution in [2.75, 3.05) is 18.6 Å². The largest absolute Gasteiger partial charge is 0.478 e. The fourth-order valence-electron chi connectivity index (χ4n) is 1.88. The molecular weight excluding hydrogens is 286 g/mol. The molecule has 2 N–H and O–H groups in total. The molecule has 0 unspecified atom stereocenters. The van der Waals surface area contributed by atoms with E-state index in [9.17, 15) is 9.59 Å². The van der Waals surface area contributed by atoms with Gasteiger partial charge >= 0.3 is 5.97 Å². The minimum absolute atomic E-state index is 0.118. The van der Waals surface area contributed by atoms with E-state index in [1.165, 1.54) is 6.08 Å². The Balaban J connectivity index is 2.64. The third-order valence-electron chi connectivity index (χ3n) is 2.84. The van der Waals surface area contributed by atoms with Crippen molar-refractivity contribution < 1.29 is 14.7 Å². The lowest BCUT2D eigenvalue weighted by Crippen LogP contribution is -2.24. The van der Waals surface area contributed by atoms with Gasteiger partial charge in [-0.2, -0.15) is 11.8 Å². The molecule has 1 aromatic rings. The second kappa shape index (κ2) is 9.23. The average molecular weight is 307 g/mol. The van der Waals surface area contributed by atoms with Gasteiger partial charge in [0.15, 0.2) is 0 Å². The summed E-state index contributed by atoms with van der Waals surface area (Å²) in [6, 6.07) is 5.34. The average Bonchev–Trinajstić information content (AvgIpc) is 2.44. The van der Waals surface area contributed by atoms with Crippen LogP contribution >= 0.6 is 11.8 Å². The fraction of sp³-hybridized carbons (Fsp3) is 0.375. The maximum absolute atomic E-state index is 12.1. The third kappa shape index (κ3) is 6.99. The topological polar surface area (TPSA) is 66.4 Å². The first kappa shape index (κ1) is 17.3. The summed E-state index contributed by atoms with van der Waals surface area (Å²) in [6.45, 7) is 2.54. The molecule has 0 aliphatic rings. The monoisotopic (exact) mass is 307 g/mol. The number of carbonyl (C=O) groups excluding carboxylic acids is 1. The number of thioether (sulfide) groups is 1. The van der Waals surface area contributed by atoms with E-state index < -0.39 is 5.97 Å². The summed E-state index contributed by atoms with van der Waals surface area (Å²) in [5, 5.41) is 11.5. The van der Waals surface area contributed by atoms with Gasteiger partial charge in [0.25, 0.3) is 5.91 Å². The second-order valence-corrected chi connectivity index (χ2v) is 5.75. The number of carboxylic acids is 1. The minimum atomic E-state index is -1.00. The fourth-order valence-corrected chi connectivity index (χ4v) is 2.38. The zero-order valence-electron chi connectivity index (χ0n) is 12.4. The van der Waals surface area contributed by atoms with E-state index in [4.69, 9.17) is 5.11 Å². The molecule has 0 radical (unpaired) electrons. The first-order valence-electron chi connectivity index (χ1n) is 6.83. The number of carboxylic acid groups (broad SMARTS) is 1. The highest BCUT2D eigenvalue weighted by Gasteiger charge is 2.06. The second-order valence-electron chi connectivity index (χ2n) is 4.76. The molecule has 1 aromatic carbocycles. The standard InChI is InChI=1S/C16H21NO3S/c1-12-9-13(5-6-15(18)19)11-14(10-12)16(20)17-7-3-4-8-21-2/h5-6,9-11H,3-4,7-8H2,1-2H3,(H,17,20)(H,18,19)/b6-5+. The Morgan fingerprint density at radius 1 is 1.29 bits per heavy atom. The number of benzene rings is 1. The van der Waals surface area contributed by atoms with Crippen molar-refractivity contribution in [3.05, 3.63) is 41.0 Å². The molecule has 114 valence electrons. The Kier molecular flexibility index (Phi) is 7.61. The van der Waals surface area contributed by atoms with Crippen molar-refractivity contribution in [3.8, 4) is 0 Å². The van der Waals surface area contributed by atoms with Gasteiger partial charge < -0.3 is 10.4 Å². The van der Waals surface area contributed by atoms with Crippen LogP contribution in [0, 0.1) is 6.92 Å². The van der Waals surface area contributed by atoms with Crippen LogP contribution in [0.3, 0.4) is 0 Å². The number of carbonyl (C=O) groups is 2. The van der Waals surface area contributed by atoms with E-state index in [2.05, 4.69) is 11.6 Å². The molecule has 0 fully saturated rings. The number of unbranched alkanes of at least 4 members (excludes halogenated alkanes) is 1. The van der Waals surface area contributed by atoms with Gasteiger partial charge in [0.05, 0.1) is 0 Å². The molecule has 0 spiro atoms. The number of hydrogen-bond donors (Lipinski definition) is 2. The molecule has 0 heterocycles. The van der Waals surface area contributed by atoms with Gasteiger partial charge in [0.2, 0.25) is 0 Å². The van der Waals surface area contributed by atoms with Crippen molar-refractivity contribution in [1.82, 2.24) is 5.32 Å². The van der Waals surface area contributed by atoms with E-state index in [0.29, 0.717) is 17.7 Å².